The molecule has 8 nitrogen and oxygen atoms in total. The van der Waals surface area contributed by atoms with E-state index in [4.69, 9.17) is 10.5 Å². The van der Waals surface area contributed by atoms with Crippen LogP contribution in [0.4, 0.5) is 18.9 Å². The van der Waals surface area contributed by atoms with Crippen molar-refractivity contribution >= 4 is 32.1 Å². The largest absolute Gasteiger partial charge is 0.573 e. The summed E-state index contributed by atoms with van der Waals surface area (Å²) in [4.78, 5) is 0.363. The zero-order valence-corrected chi connectivity index (χ0v) is 14.9. The molecule has 0 aliphatic heterocycles. The first-order valence-corrected chi connectivity index (χ1v) is 9.05. The second-order valence-corrected chi connectivity index (χ2v) is 7.50. The SMILES string of the molecule is Cc1snc(S(=O)(=O)/C(C#N)=N\Nc2ccc(OC(F)(F)F)cc2)c1C#N. The molecule has 1 heterocycles. The zero-order valence-electron chi connectivity index (χ0n) is 13.3. The number of nitrogens with one attached hydrogen (secondary N) is 1. The predicted octanol–water partition coefficient (Wildman–Crippen LogP) is 2.94. The summed E-state index contributed by atoms with van der Waals surface area (Å²) in [5, 5.41) is 20.1. The van der Waals surface area contributed by atoms with Gasteiger partial charge >= 0.3 is 6.36 Å². The molecule has 2 aromatic rings. The summed E-state index contributed by atoms with van der Waals surface area (Å²) in [7, 11) is -4.45. The van der Waals surface area contributed by atoms with Gasteiger partial charge in [0.2, 0.25) is 0 Å². The Morgan fingerprint density at radius 3 is 2.44 bits per heavy atom. The van der Waals surface area contributed by atoms with Crippen molar-refractivity contribution in [3.05, 3.63) is 34.7 Å². The quantitative estimate of drug-likeness (QED) is 0.462. The zero-order chi connectivity index (χ0) is 20.2. The number of nitrogens with zero attached hydrogens (tertiary/aromatic N) is 4. The summed E-state index contributed by atoms with van der Waals surface area (Å²) in [6, 6.07) is 7.33. The van der Waals surface area contributed by atoms with E-state index in [0.717, 1.165) is 35.8 Å². The molecule has 1 aromatic carbocycles. The molecule has 0 saturated carbocycles. The van der Waals surface area contributed by atoms with Crippen molar-refractivity contribution in [2.24, 2.45) is 5.10 Å². The molecule has 0 saturated heterocycles. The van der Waals surface area contributed by atoms with E-state index in [1.54, 1.807) is 6.07 Å². The Balaban J connectivity index is 2.26. The van der Waals surface area contributed by atoms with Crippen LogP contribution >= 0.6 is 11.5 Å². The number of halogens is 3. The average molecular weight is 415 g/mol. The van der Waals surface area contributed by atoms with E-state index in [-0.39, 0.29) is 11.3 Å². The second kappa shape index (κ2) is 7.61. The molecule has 1 N–H and O–H groups in total. The fourth-order valence-electron chi connectivity index (χ4n) is 1.74. The minimum absolute atomic E-state index is 0.0995. The number of rotatable bonds is 4. The van der Waals surface area contributed by atoms with Gasteiger partial charge in [0.15, 0.2) is 5.03 Å². The Hall–Kier alpha value is -3.16. The summed E-state index contributed by atoms with van der Waals surface area (Å²) in [5.41, 5.74) is 2.16. The van der Waals surface area contributed by atoms with Crippen molar-refractivity contribution in [3.8, 4) is 17.9 Å². The number of ether oxygens (including phenoxy) is 1. The number of aromatic nitrogens is 1. The number of alkyl halides is 3. The van der Waals surface area contributed by atoms with E-state index in [9.17, 15) is 21.6 Å². The highest BCUT2D eigenvalue weighted by Gasteiger charge is 2.31. The first kappa shape index (κ1) is 20.2. The number of sulfone groups is 1. The van der Waals surface area contributed by atoms with Crippen molar-refractivity contribution in [2.75, 3.05) is 5.43 Å². The van der Waals surface area contributed by atoms with Crippen molar-refractivity contribution in [1.29, 1.82) is 10.5 Å². The van der Waals surface area contributed by atoms with Gasteiger partial charge in [0, 0.05) is 4.88 Å². The number of benzene rings is 1. The first-order chi connectivity index (χ1) is 12.6. The normalized spacial score (nSPS) is 12.1. The van der Waals surface area contributed by atoms with Crippen LogP contribution in [0.1, 0.15) is 10.4 Å². The van der Waals surface area contributed by atoms with Crippen molar-refractivity contribution in [2.45, 2.75) is 18.3 Å². The van der Waals surface area contributed by atoms with Gasteiger partial charge in [-0.25, -0.2) is 8.42 Å². The number of hydrogen-bond donors (Lipinski definition) is 1. The van der Waals surface area contributed by atoms with E-state index < -0.39 is 32.0 Å². The smallest absolute Gasteiger partial charge is 0.406 e. The number of hydrogen-bond acceptors (Lipinski definition) is 9. The van der Waals surface area contributed by atoms with E-state index in [1.807, 2.05) is 0 Å². The molecule has 0 atom stereocenters. The predicted molar refractivity (Wildman–Crippen MR) is 88.5 cm³/mol. The molecule has 0 unspecified atom stereocenters. The second-order valence-electron chi connectivity index (χ2n) is 4.75. The monoisotopic (exact) mass is 415 g/mol. The van der Waals surface area contributed by atoms with Gasteiger partial charge in [-0.2, -0.15) is 20.0 Å². The molecule has 140 valence electrons. The lowest BCUT2D eigenvalue weighted by Gasteiger charge is -2.09. The molecule has 0 aliphatic rings. The topological polar surface area (TPSA) is 128 Å². The van der Waals surface area contributed by atoms with Crippen LogP contribution in [0.3, 0.4) is 0 Å². The highest BCUT2D eigenvalue weighted by atomic mass is 32.2. The van der Waals surface area contributed by atoms with Crippen molar-refractivity contribution < 1.29 is 26.3 Å². The molecule has 0 fully saturated rings. The summed E-state index contributed by atoms with van der Waals surface area (Å²) >= 11 is 0.789. The maximum absolute atomic E-state index is 12.4. The molecule has 2 rings (SSSR count). The van der Waals surface area contributed by atoms with Gasteiger partial charge in [0.25, 0.3) is 14.9 Å². The molecule has 0 spiro atoms. The van der Waals surface area contributed by atoms with E-state index in [1.165, 1.54) is 13.0 Å². The van der Waals surface area contributed by atoms with Crippen LogP contribution in [0.2, 0.25) is 0 Å². The molecule has 0 radical (unpaired) electrons. The fraction of sp³-hybridized carbons (Fsp3) is 0.143. The van der Waals surface area contributed by atoms with Crippen LogP contribution in [-0.4, -0.2) is 24.2 Å². The molecule has 0 amide bonds. The average Bonchev–Trinajstić information content (AvgIpc) is 2.96. The van der Waals surface area contributed by atoms with Crippen molar-refractivity contribution in [3.63, 3.8) is 0 Å². The highest BCUT2D eigenvalue weighted by molar-refractivity contribution is 8.07. The van der Waals surface area contributed by atoms with Gasteiger partial charge < -0.3 is 4.74 Å². The maximum atomic E-state index is 12.4. The minimum Gasteiger partial charge on any atom is -0.406 e. The Labute approximate surface area is 155 Å². The molecular weight excluding hydrogens is 407 g/mol. The Morgan fingerprint density at radius 2 is 1.93 bits per heavy atom. The number of hydrazone groups is 1. The summed E-state index contributed by atoms with van der Waals surface area (Å²) in [6.45, 7) is 1.50. The van der Waals surface area contributed by atoms with Crippen LogP contribution in [0.25, 0.3) is 0 Å². The van der Waals surface area contributed by atoms with Crippen LogP contribution in [0.5, 0.6) is 5.75 Å². The summed E-state index contributed by atoms with van der Waals surface area (Å²) in [6.07, 6.45) is -4.85. The maximum Gasteiger partial charge on any atom is 0.573 e. The molecule has 27 heavy (non-hydrogen) atoms. The van der Waals surface area contributed by atoms with Crippen LogP contribution in [-0.2, 0) is 9.84 Å². The van der Waals surface area contributed by atoms with E-state index >= 15 is 0 Å². The van der Waals surface area contributed by atoms with Gasteiger partial charge in [-0.15, -0.1) is 13.2 Å². The molecule has 0 bridgehead atoms. The highest BCUT2D eigenvalue weighted by Crippen LogP contribution is 2.25. The Kier molecular flexibility index (Phi) is 5.68. The molecule has 13 heteroatoms. The van der Waals surface area contributed by atoms with Crippen LogP contribution < -0.4 is 10.2 Å². The summed E-state index contributed by atoms with van der Waals surface area (Å²) in [5.74, 6) is -0.484. The van der Waals surface area contributed by atoms with Gasteiger partial charge in [-0.05, 0) is 42.7 Å². The number of nitriles is 2. The number of anilines is 1. The third-order valence-electron chi connectivity index (χ3n) is 2.92. The van der Waals surface area contributed by atoms with Gasteiger partial charge in [0.05, 0.1) is 5.69 Å². The lowest BCUT2D eigenvalue weighted by atomic mass is 10.3. The standard InChI is InChI=1S/C14H8F3N5O3S2/c1-8-11(6-18)13(22-26-8)27(23,24)12(7-19)21-20-9-2-4-10(5-3-9)25-14(15,16)17/h2-5,20H,1H3/b21-12-. The van der Waals surface area contributed by atoms with Crippen molar-refractivity contribution in [1.82, 2.24) is 4.37 Å². The van der Waals surface area contributed by atoms with Gasteiger partial charge in [-0.3, -0.25) is 5.43 Å². The molecule has 1 aromatic heterocycles. The Morgan fingerprint density at radius 1 is 1.30 bits per heavy atom. The van der Waals surface area contributed by atoms with Gasteiger partial charge in [0.1, 0.15) is 23.5 Å². The third kappa shape index (κ3) is 4.72. The van der Waals surface area contributed by atoms with Crippen LogP contribution in [0.15, 0.2) is 34.4 Å². The van der Waals surface area contributed by atoms with E-state index in [2.05, 4.69) is 19.6 Å². The molecular formula is C14H8F3N5O3S2. The number of aryl methyl sites for hydroxylation is 1. The van der Waals surface area contributed by atoms with Gasteiger partial charge in [-0.1, -0.05) is 0 Å². The third-order valence-corrected chi connectivity index (χ3v) is 5.29. The van der Waals surface area contributed by atoms with Crippen LogP contribution in [0, 0.1) is 29.6 Å². The lowest BCUT2D eigenvalue weighted by Crippen LogP contribution is -2.17. The first-order valence-electron chi connectivity index (χ1n) is 6.79. The van der Waals surface area contributed by atoms with E-state index in [0.29, 0.717) is 4.88 Å². The minimum atomic E-state index is -4.85. The fourth-order valence-corrected chi connectivity index (χ4v) is 3.80. The summed E-state index contributed by atoms with van der Waals surface area (Å²) < 4.78 is 68.6. The Bertz CT molecular complexity index is 1060. The molecule has 0 aliphatic carbocycles. The lowest BCUT2D eigenvalue weighted by molar-refractivity contribution is -0.274.